The minimum Gasteiger partial charge on any atom is -0.388 e. The van der Waals surface area contributed by atoms with Gasteiger partial charge in [0.05, 0.1) is 12.4 Å². The van der Waals surface area contributed by atoms with Gasteiger partial charge in [0.15, 0.2) is 17.4 Å². The number of nitrogens with zero attached hydrogens (tertiary/aromatic N) is 3. The topological polar surface area (TPSA) is 139 Å². The monoisotopic (exact) mass is 267 g/mol. The molecule has 1 saturated heterocycles. The van der Waals surface area contributed by atoms with Crippen LogP contribution in [0.25, 0.3) is 11.2 Å². The van der Waals surface area contributed by atoms with E-state index in [0.717, 1.165) is 0 Å². The SMILES string of the molecule is CC1O[C@@H](n2cnc3c(=O)[nH]c(N)nc32)[C@H](O)[C@@H]1O. The largest absolute Gasteiger partial charge is 0.388 e. The molecule has 4 atom stereocenters. The van der Waals surface area contributed by atoms with Gasteiger partial charge < -0.3 is 20.7 Å². The first-order chi connectivity index (χ1) is 8.99. The second-order valence-electron chi connectivity index (χ2n) is 4.49. The molecule has 19 heavy (non-hydrogen) atoms. The molecule has 1 aliphatic heterocycles. The lowest BCUT2D eigenvalue weighted by molar-refractivity contribution is -0.0299. The second-order valence-corrected chi connectivity index (χ2v) is 4.49. The molecule has 0 saturated carbocycles. The second kappa shape index (κ2) is 4.02. The molecule has 2 aromatic heterocycles. The minimum atomic E-state index is -1.13. The third-order valence-electron chi connectivity index (χ3n) is 3.20. The van der Waals surface area contributed by atoms with Crippen LogP contribution in [0, 0.1) is 0 Å². The van der Waals surface area contributed by atoms with E-state index in [0.29, 0.717) is 0 Å². The number of hydrogen-bond donors (Lipinski definition) is 4. The number of nitrogen functional groups attached to an aromatic ring is 1. The van der Waals surface area contributed by atoms with Crippen LogP contribution in [0.3, 0.4) is 0 Å². The Bertz CT molecular complexity index is 680. The van der Waals surface area contributed by atoms with Gasteiger partial charge in [-0.15, -0.1) is 0 Å². The zero-order chi connectivity index (χ0) is 13.7. The van der Waals surface area contributed by atoms with Gasteiger partial charge in [-0.25, -0.2) is 4.98 Å². The highest BCUT2D eigenvalue weighted by molar-refractivity contribution is 5.70. The normalized spacial score (nSPS) is 31.1. The number of aliphatic hydroxyl groups is 2. The Hall–Kier alpha value is -1.97. The number of aromatic amines is 1. The van der Waals surface area contributed by atoms with Crippen molar-refractivity contribution in [3.05, 3.63) is 16.7 Å². The molecule has 0 spiro atoms. The van der Waals surface area contributed by atoms with Crippen molar-refractivity contribution in [2.75, 3.05) is 5.73 Å². The summed E-state index contributed by atoms with van der Waals surface area (Å²) in [5.74, 6) is -0.0552. The number of anilines is 1. The van der Waals surface area contributed by atoms with Crippen molar-refractivity contribution in [1.82, 2.24) is 19.5 Å². The number of imidazole rings is 1. The van der Waals surface area contributed by atoms with Crippen LogP contribution in [0.1, 0.15) is 13.2 Å². The van der Waals surface area contributed by atoms with Crippen LogP contribution in [0.2, 0.25) is 0 Å². The van der Waals surface area contributed by atoms with Gasteiger partial charge in [0.2, 0.25) is 5.95 Å². The van der Waals surface area contributed by atoms with Gasteiger partial charge in [0.1, 0.15) is 12.2 Å². The number of rotatable bonds is 1. The molecule has 9 heteroatoms. The van der Waals surface area contributed by atoms with Crippen molar-refractivity contribution in [2.24, 2.45) is 0 Å². The summed E-state index contributed by atoms with van der Waals surface area (Å²) in [7, 11) is 0. The predicted octanol–water partition coefficient (Wildman–Crippen LogP) is -1.66. The number of ether oxygens (including phenoxy) is 1. The number of aliphatic hydroxyl groups excluding tert-OH is 2. The average molecular weight is 267 g/mol. The van der Waals surface area contributed by atoms with Crippen LogP contribution in [-0.4, -0.2) is 48.0 Å². The van der Waals surface area contributed by atoms with Gasteiger partial charge in [0, 0.05) is 0 Å². The van der Waals surface area contributed by atoms with Crippen LogP contribution in [-0.2, 0) is 4.74 Å². The fourth-order valence-electron chi connectivity index (χ4n) is 2.19. The molecule has 9 nitrogen and oxygen atoms in total. The number of fused-ring (bicyclic) bond motifs is 1. The maximum atomic E-state index is 11.6. The van der Waals surface area contributed by atoms with Gasteiger partial charge in [-0.2, -0.15) is 4.98 Å². The summed E-state index contributed by atoms with van der Waals surface area (Å²) >= 11 is 0. The smallest absolute Gasteiger partial charge is 0.280 e. The van der Waals surface area contributed by atoms with Crippen LogP contribution in [0.5, 0.6) is 0 Å². The molecule has 1 aliphatic rings. The standard InChI is InChI=1S/C10H13N5O4/c1-3-5(16)6(17)9(19-3)15-2-12-4-7(15)13-10(11)14-8(4)18/h2-3,5-6,9,16-17H,1H3,(H3,11,13,14,18)/t3?,5-,6-,9-/m1/s1. The summed E-state index contributed by atoms with van der Waals surface area (Å²) < 4.78 is 6.84. The molecular formula is C10H13N5O4. The number of nitrogens with two attached hydrogens (primary N) is 1. The summed E-state index contributed by atoms with van der Waals surface area (Å²) in [6.45, 7) is 1.64. The summed E-state index contributed by atoms with van der Waals surface area (Å²) in [5, 5.41) is 19.6. The Labute approximate surface area is 106 Å². The Morgan fingerprint density at radius 1 is 1.47 bits per heavy atom. The molecule has 0 bridgehead atoms. The Morgan fingerprint density at radius 2 is 2.21 bits per heavy atom. The van der Waals surface area contributed by atoms with E-state index >= 15 is 0 Å². The van der Waals surface area contributed by atoms with E-state index in [1.165, 1.54) is 10.9 Å². The maximum absolute atomic E-state index is 11.6. The first-order valence-electron chi connectivity index (χ1n) is 5.73. The average Bonchev–Trinajstić information content (AvgIpc) is 2.86. The van der Waals surface area contributed by atoms with Crippen molar-refractivity contribution in [1.29, 1.82) is 0 Å². The number of hydrogen-bond acceptors (Lipinski definition) is 7. The molecule has 5 N–H and O–H groups in total. The van der Waals surface area contributed by atoms with E-state index < -0.39 is 30.1 Å². The highest BCUT2D eigenvalue weighted by Crippen LogP contribution is 2.30. The van der Waals surface area contributed by atoms with Gasteiger partial charge in [-0.3, -0.25) is 14.3 Å². The van der Waals surface area contributed by atoms with E-state index in [1.807, 2.05) is 0 Å². The van der Waals surface area contributed by atoms with Gasteiger partial charge >= 0.3 is 0 Å². The van der Waals surface area contributed by atoms with E-state index in [9.17, 15) is 15.0 Å². The van der Waals surface area contributed by atoms with Crippen LogP contribution < -0.4 is 11.3 Å². The van der Waals surface area contributed by atoms with Crippen molar-refractivity contribution in [3.8, 4) is 0 Å². The molecular weight excluding hydrogens is 254 g/mol. The number of H-pyrrole nitrogens is 1. The molecule has 0 radical (unpaired) electrons. The summed E-state index contributed by atoms with van der Waals surface area (Å²) in [4.78, 5) is 21.9. The third-order valence-corrected chi connectivity index (χ3v) is 3.20. The maximum Gasteiger partial charge on any atom is 0.280 e. The zero-order valence-electron chi connectivity index (χ0n) is 10.0. The fraction of sp³-hybridized carbons (Fsp3) is 0.500. The first-order valence-corrected chi connectivity index (χ1v) is 5.73. The third kappa shape index (κ3) is 1.70. The molecule has 1 fully saturated rings. The van der Waals surface area contributed by atoms with Gasteiger partial charge in [0.25, 0.3) is 5.56 Å². The van der Waals surface area contributed by atoms with Gasteiger partial charge in [-0.05, 0) is 6.92 Å². The zero-order valence-corrected chi connectivity index (χ0v) is 10.0. The van der Waals surface area contributed by atoms with Crippen LogP contribution in [0.15, 0.2) is 11.1 Å². The van der Waals surface area contributed by atoms with E-state index in [1.54, 1.807) is 6.92 Å². The lowest BCUT2D eigenvalue weighted by Crippen LogP contribution is -2.30. The number of nitrogens with one attached hydrogen (secondary N) is 1. The Kier molecular flexibility index (Phi) is 2.55. The van der Waals surface area contributed by atoms with E-state index in [4.69, 9.17) is 10.5 Å². The molecule has 3 rings (SSSR count). The van der Waals surface area contributed by atoms with Crippen molar-refractivity contribution in [3.63, 3.8) is 0 Å². The van der Waals surface area contributed by atoms with Crippen molar-refractivity contribution >= 4 is 17.1 Å². The van der Waals surface area contributed by atoms with Crippen LogP contribution in [0.4, 0.5) is 5.95 Å². The summed E-state index contributed by atoms with van der Waals surface area (Å²) in [6, 6.07) is 0. The quantitative estimate of drug-likeness (QED) is 0.485. The molecule has 1 unspecified atom stereocenters. The Balaban J connectivity index is 2.14. The summed E-state index contributed by atoms with van der Waals surface area (Å²) in [6.07, 6.45) is -2.21. The molecule has 102 valence electrons. The number of aromatic nitrogens is 4. The van der Waals surface area contributed by atoms with Gasteiger partial charge in [-0.1, -0.05) is 0 Å². The van der Waals surface area contributed by atoms with E-state index in [-0.39, 0.29) is 17.1 Å². The molecule has 0 aromatic carbocycles. The van der Waals surface area contributed by atoms with Crippen LogP contribution >= 0.6 is 0 Å². The fourth-order valence-corrected chi connectivity index (χ4v) is 2.19. The highest BCUT2D eigenvalue weighted by Gasteiger charge is 2.42. The minimum absolute atomic E-state index is 0.0552. The van der Waals surface area contributed by atoms with Crippen molar-refractivity contribution in [2.45, 2.75) is 31.5 Å². The molecule has 3 heterocycles. The lowest BCUT2D eigenvalue weighted by Gasteiger charge is -2.16. The lowest BCUT2D eigenvalue weighted by atomic mass is 10.1. The predicted molar refractivity (Wildman–Crippen MR) is 64.2 cm³/mol. The first kappa shape index (κ1) is 12.1. The highest BCUT2D eigenvalue weighted by atomic mass is 16.6. The molecule has 0 amide bonds. The summed E-state index contributed by atoms with van der Waals surface area (Å²) in [5.41, 5.74) is 5.31. The Morgan fingerprint density at radius 3 is 2.84 bits per heavy atom. The van der Waals surface area contributed by atoms with Crippen molar-refractivity contribution < 1.29 is 14.9 Å². The molecule has 2 aromatic rings. The van der Waals surface area contributed by atoms with E-state index in [2.05, 4.69) is 15.0 Å². The molecule has 0 aliphatic carbocycles.